The lowest BCUT2D eigenvalue weighted by Gasteiger charge is -2.52. The fraction of sp³-hybridized carbons (Fsp3) is 0.836. The summed E-state index contributed by atoms with van der Waals surface area (Å²) in [7, 11) is -3.30. The number of carbonyl (C=O) groups is 12. The maximum atomic E-state index is 11.5. The third-order valence-electron chi connectivity index (χ3n) is 15.0. The summed E-state index contributed by atoms with van der Waals surface area (Å²) in [6, 6.07) is 0. The summed E-state index contributed by atoms with van der Waals surface area (Å²) in [5.74, 6) is -7.34. The molecular formula is C73H146N6O48P6. The van der Waals surface area contributed by atoms with Crippen molar-refractivity contribution in [3.05, 3.63) is 0 Å². The average Bonchev–Trinajstić information content (AvgIpc) is 0.742. The number of rotatable bonds is 54. The number of phosphoric ester groups is 6. The summed E-state index contributed by atoms with van der Waals surface area (Å²) in [4.78, 5) is 253. The van der Waals surface area contributed by atoms with Gasteiger partial charge >= 0.3 is 71.6 Å². The number of esters is 6. The van der Waals surface area contributed by atoms with E-state index in [4.69, 9.17) is 88.4 Å². The van der Waals surface area contributed by atoms with E-state index in [1.165, 1.54) is 0 Å². The highest BCUT2D eigenvalue weighted by Crippen LogP contribution is 2.54. The highest BCUT2D eigenvalue weighted by atomic mass is 31.2. The Hall–Kier alpha value is -5.94. The van der Waals surface area contributed by atoms with Crippen molar-refractivity contribution in [1.82, 2.24) is 0 Å². The predicted molar refractivity (Wildman–Crippen MR) is 452 cm³/mol. The Morgan fingerprint density at radius 1 is 0.241 bits per heavy atom. The quantitative estimate of drug-likeness (QED) is 0.0144. The van der Waals surface area contributed by atoms with Gasteiger partial charge in [-0.15, -0.1) is 0 Å². The fourth-order valence-corrected chi connectivity index (χ4v) is 14.6. The highest BCUT2D eigenvalue weighted by Gasteiger charge is 2.60. The first kappa shape index (κ1) is 138. The third-order valence-corrected chi connectivity index (χ3v) is 18.1. The van der Waals surface area contributed by atoms with Crippen LogP contribution in [0.1, 0.15) is 158 Å². The fourth-order valence-electron chi connectivity index (χ4n) is 11.3. The van der Waals surface area contributed by atoms with Gasteiger partial charge in [0, 0.05) is 38.5 Å². The van der Waals surface area contributed by atoms with E-state index in [9.17, 15) is 114 Å². The Labute approximate surface area is 775 Å². The van der Waals surface area contributed by atoms with Crippen molar-refractivity contribution in [2.45, 2.75) is 231 Å². The van der Waals surface area contributed by atoms with E-state index in [1.807, 2.05) is 175 Å². The zero-order chi connectivity index (χ0) is 106. The molecule has 1 saturated carbocycles. The summed E-state index contributed by atoms with van der Waals surface area (Å²) < 4.78 is 125. The molecule has 1 rings (SSSR count). The zero-order valence-corrected chi connectivity index (χ0v) is 85.6. The average molecular weight is 2060 g/mol. The summed E-state index contributed by atoms with van der Waals surface area (Å²) in [6.07, 6.45) is -18.7. The van der Waals surface area contributed by atoms with Crippen LogP contribution in [0.5, 0.6) is 0 Å². The molecule has 6 unspecified atom stereocenters. The maximum Gasteiger partial charge on any atom is 0.307 e. The number of carboxylic acid groups (broad SMARTS) is 6. The summed E-state index contributed by atoms with van der Waals surface area (Å²) in [6.45, 7) is 16.3. The number of ether oxygens (including phenoxy) is 6. The van der Waals surface area contributed by atoms with Gasteiger partial charge in [0.05, 0.1) is 165 Å². The standard InChI is InChI=1S/C12H23NO4.5C11H21NO4.C6H18O24P6/c1-9(2)6-12(16)17-10(7-11(14)15)8-13(3,4)5;5*1-5-6-11(15)16-9(7-10(13)14)8-12(2,3)4;7-31(8,9)25-1-2(26-32(10,11)12)4(28-34(16,17)18)6(30-36(22,23)24)5(29-35(19,20)21)3(1)27-33(13,14)15/h9-10H,6-8H2,1-5H3;5*9H,5-8H2,1-4H3;1-6H,(H2,7,8,9)(H2,10,11,12)(H2,13,14,15)(H2,16,17,18)(H2,19,20,21)(H2,22,23,24)/t10-;5*9-;/m111111./s1. The molecule has 12 atom stereocenters. The molecule has 0 aromatic rings. The molecule has 0 saturated heterocycles. The Morgan fingerprint density at radius 2 is 0.353 bits per heavy atom. The summed E-state index contributed by atoms with van der Waals surface area (Å²) in [5, 5.41) is 52.4. The third kappa shape index (κ3) is 92.2. The van der Waals surface area contributed by atoms with Gasteiger partial charge < -0.3 is 172 Å². The molecule has 0 aliphatic heterocycles. The Balaban J connectivity index is -0.000000365. The summed E-state index contributed by atoms with van der Waals surface area (Å²) in [5.41, 5.74) is 0. The van der Waals surface area contributed by atoms with Crippen LogP contribution in [-0.4, -0.2) is 398 Å². The molecule has 0 aromatic carbocycles. The predicted octanol–water partition coefficient (Wildman–Crippen LogP) is -1.40. The summed E-state index contributed by atoms with van der Waals surface area (Å²) >= 11 is 0. The van der Waals surface area contributed by atoms with E-state index in [0.717, 1.165) is 0 Å². The van der Waals surface area contributed by atoms with Crippen LogP contribution < -0.4 is 29.4 Å². The Kier molecular flexibility index (Phi) is 65.9. The van der Waals surface area contributed by atoms with Crippen LogP contribution in [0.2, 0.25) is 0 Å². The molecule has 12 N–H and O–H groups in total. The molecule has 0 aromatic heterocycles. The van der Waals surface area contributed by atoms with Crippen molar-refractivity contribution in [2.24, 2.45) is 5.92 Å². The molecule has 0 spiro atoms. The minimum atomic E-state index is -6.35. The van der Waals surface area contributed by atoms with Gasteiger partial charge in [0.2, 0.25) is 0 Å². The van der Waals surface area contributed by atoms with Gasteiger partial charge in [-0.3, -0.25) is 84.9 Å². The van der Waals surface area contributed by atoms with E-state index >= 15 is 0 Å². The molecule has 60 heteroatoms. The molecule has 1 aliphatic rings. The van der Waals surface area contributed by atoms with Crippen molar-refractivity contribution in [1.29, 1.82) is 0 Å². The molecule has 1 aliphatic carbocycles. The second kappa shape index (κ2) is 63.6. The minimum Gasteiger partial charge on any atom is -0.756 e. The van der Waals surface area contributed by atoms with E-state index in [0.29, 0.717) is 137 Å². The van der Waals surface area contributed by atoms with Crippen LogP contribution in [-0.2, 0) is 140 Å². The van der Waals surface area contributed by atoms with Crippen LogP contribution in [0.15, 0.2) is 0 Å². The lowest BCUT2D eigenvalue weighted by molar-refractivity contribution is -0.873. The molecular weight excluding hydrogens is 1910 g/mol. The first-order chi connectivity index (χ1) is 59.4. The number of likely N-dealkylation sites (N-methyl/N-ethyl adjacent to an activating group) is 6. The Bertz CT molecular complexity index is 3310. The van der Waals surface area contributed by atoms with Gasteiger partial charge in [0.25, 0.3) is 46.9 Å². The lowest BCUT2D eigenvalue weighted by atomic mass is 9.85. The number of nitrogens with zero attached hydrogens (tertiary/aromatic N) is 6. The van der Waals surface area contributed by atoms with Gasteiger partial charge in [0.1, 0.15) is 75.9 Å². The molecule has 0 radical (unpaired) electrons. The SMILES string of the molecule is CC(C)CC(=O)O[C@H](CC(=O)O)C[N+](C)(C)C.CCCC(=O)O[C@H](CC(=O)O)C[N+](C)(C)C.CCCC(=O)O[C@H](CC(=O)O)C[N+](C)(C)C.CCCC(=O)O[C@H](CC(=O)O)C[N+](C)(C)C.CCCC(=O)O[C@H](CC(=O)O)C[N+](C)(C)C.CCCC(=O)O[C@H](CC(=O)O)C[N+](C)(C)C.O=P([O-])(O)OC1C(OP(=O)([O-])O)C(OP(=O)([O-])O)C(OP(=O)([O-])O)C(OP(=O)([O-])O)C1OP(=O)([O-])O. The molecule has 0 heterocycles. The van der Waals surface area contributed by atoms with Gasteiger partial charge in [-0.25, -0.2) is 0 Å². The number of hydrogen-bond acceptors (Lipinski definition) is 36. The zero-order valence-electron chi connectivity index (χ0n) is 80.2. The molecule has 54 nitrogen and oxygen atoms in total. The number of phosphoric acid groups is 6. The second-order valence-corrected chi connectivity index (χ2v) is 43.6. The van der Waals surface area contributed by atoms with Crippen molar-refractivity contribution < 1.29 is 257 Å². The van der Waals surface area contributed by atoms with Crippen LogP contribution >= 0.6 is 46.9 Å². The smallest absolute Gasteiger partial charge is 0.307 e. The number of carboxylic acids is 6. The van der Waals surface area contributed by atoms with Gasteiger partial charge in [0.15, 0.2) is 36.6 Å². The van der Waals surface area contributed by atoms with Crippen LogP contribution in [0.4, 0.5) is 0 Å². The normalized spacial score (nSPS) is 19.8. The second-order valence-electron chi connectivity index (χ2n) is 36.7. The number of carbonyl (C=O) groups excluding carboxylic acids is 6. The highest BCUT2D eigenvalue weighted by molar-refractivity contribution is 7.46. The Morgan fingerprint density at radius 3 is 0.436 bits per heavy atom. The molecule has 0 amide bonds. The molecule has 133 heavy (non-hydrogen) atoms. The van der Waals surface area contributed by atoms with Crippen molar-refractivity contribution in [3.8, 4) is 0 Å². The molecule has 1 fully saturated rings. The monoisotopic (exact) mass is 2060 g/mol. The van der Waals surface area contributed by atoms with E-state index < -0.39 is 156 Å². The molecule has 786 valence electrons. The number of hydrogen-bond donors (Lipinski definition) is 12. The van der Waals surface area contributed by atoms with Crippen molar-refractivity contribution in [3.63, 3.8) is 0 Å². The van der Waals surface area contributed by atoms with Crippen LogP contribution in [0.25, 0.3) is 0 Å². The topological polar surface area (TPSA) is 799 Å². The van der Waals surface area contributed by atoms with E-state index in [1.54, 1.807) is 0 Å². The number of aliphatic carboxylic acids is 6. The van der Waals surface area contributed by atoms with Crippen molar-refractivity contribution >= 4 is 119 Å². The van der Waals surface area contributed by atoms with E-state index in [-0.39, 0.29) is 80.3 Å². The van der Waals surface area contributed by atoms with Gasteiger partial charge in [-0.05, 0) is 38.0 Å². The van der Waals surface area contributed by atoms with E-state index in [2.05, 4.69) is 27.1 Å². The first-order valence-corrected chi connectivity index (χ1v) is 50.0. The van der Waals surface area contributed by atoms with Crippen LogP contribution in [0.3, 0.4) is 0 Å². The van der Waals surface area contributed by atoms with Gasteiger partial charge in [-0.1, -0.05) is 48.5 Å². The minimum absolute atomic E-state index is 0.134. The molecule has 0 bridgehead atoms. The van der Waals surface area contributed by atoms with Crippen LogP contribution in [0, 0.1) is 5.92 Å². The number of quaternary nitrogens is 6. The van der Waals surface area contributed by atoms with Crippen molar-refractivity contribution in [2.75, 3.05) is 166 Å². The first-order valence-electron chi connectivity index (χ1n) is 41.0. The van der Waals surface area contributed by atoms with Gasteiger partial charge in [-0.2, -0.15) is 0 Å². The lowest BCUT2D eigenvalue weighted by Crippen LogP contribution is -2.67. The maximum absolute atomic E-state index is 11.5. The largest absolute Gasteiger partial charge is 0.756 e.